The molecule has 0 saturated heterocycles. The van der Waals surface area contributed by atoms with Crippen molar-refractivity contribution in [1.82, 2.24) is 0 Å². The van der Waals surface area contributed by atoms with Gasteiger partial charge < -0.3 is 14.4 Å². The molecule has 0 amide bonds. The Morgan fingerprint density at radius 1 is 1.32 bits per heavy atom. The summed E-state index contributed by atoms with van der Waals surface area (Å²) in [6, 6.07) is 7.17. The summed E-state index contributed by atoms with van der Waals surface area (Å²) in [5, 5.41) is 18.6. The Labute approximate surface area is 142 Å². The minimum Gasteiger partial charge on any atom is -0.457 e. The summed E-state index contributed by atoms with van der Waals surface area (Å²) in [5.74, 6) is -4.49. The van der Waals surface area contributed by atoms with Crippen LogP contribution in [0.5, 0.6) is 11.5 Å². The van der Waals surface area contributed by atoms with Crippen LogP contribution in [0.15, 0.2) is 35.2 Å². The van der Waals surface area contributed by atoms with Gasteiger partial charge in [0.2, 0.25) is 0 Å². The largest absolute Gasteiger partial charge is 0.457 e. The third-order valence-electron chi connectivity index (χ3n) is 3.78. The summed E-state index contributed by atoms with van der Waals surface area (Å²) in [4.78, 5) is -0.344. The van der Waals surface area contributed by atoms with Gasteiger partial charge in [-0.2, -0.15) is 5.26 Å². The number of benzene rings is 2. The first-order valence-corrected chi connectivity index (χ1v) is 8.04. The Balaban J connectivity index is 2.10. The van der Waals surface area contributed by atoms with Gasteiger partial charge in [0.15, 0.2) is 11.1 Å². The number of halogens is 3. The molecule has 0 bridgehead atoms. The van der Waals surface area contributed by atoms with Crippen molar-refractivity contribution in [3.8, 4) is 17.6 Å². The topological polar surface area (TPSA) is 90.5 Å². The van der Waals surface area contributed by atoms with Gasteiger partial charge in [0, 0.05) is 23.6 Å². The molecule has 0 spiro atoms. The van der Waals surface area contributed by atoms with E-state index in [0.29, 0.717) is 0 Å². The molecule has 1 unspecified atom stereocenters. The van der Waals surface area contributed by atoms with Crippen molar-refractivity contribution in [2.24, 2.45) is 0 Å². The van der Waals surface area contributed by atoms with Crippen LogP contribution in [-0.4, -0.2) is 19.8 Å². The van der Waals surface area contributed by atoms with E-state index in [1.165, 1.54) is 12.1 Å². The molecule has 2 N–H and O–H groups in total. The predicted octanol–water partition coefficient (Wildman–Crippen LogP) is 3.30. The Morgan fingerprint density at radius 3 is 2.68 bits per heavy atom. The van der Waals surface area contributed by atoms with Crippen LogP contribution < -0.4 is 4.74 Å². The highest BCUT2D eigenvalue weighted by molar-refractivity contribution is 7.79. The molecule has 130 valence electrons. The van der Waals surface area contributed by atoms with Crippen molar-refractivity contribution >= 4 is 11.1 Å². The van der Waals surface area contributed by atoms with E-state index in [1.807, 2.05) is 0 Å². The van der Waals surface area contributed by atoms with Gasteiger partial charge >= 0.3 is 0 Å². The molecule has 0 aliphatic heterocycles. The van der Waals surface area contributed by atoms with E-state index in [9.17, 15) is 27.0 Å². The number of ether oxygens (including phenoxy) is 1. The zero-order chi connectivity index (χ0) is 18.4. The van der Waals surface area contributed by atoms with Gasteiger partial charge in [0.25, 0.3) is 5.92 Å². The van der Waals surface area contributed by atoms with Crippen molar-refractivity contribution in [3.05, 3.63) is 52.8 Å². The lowest BCUT2D eigenvalue weighted by atomic mass is 10.1. The first-order valence-electron chi connectivity index (χ1n) is 6.94. The smallest absolute Gasteiger partial charge is 0.281 e. The maximum absolute atomic E-state index is 13.9. The zero-order valence-electron chi connectivity index (χ0n) is 12.4. The summed E-state index contributed by atoms with van der Waals surface area (Å²) in [7, 11) is 0. The number of aliphatic hydroxyl groups excluding tert-OH is 1. The molecule has 1 aliphatic carbocycles. The molecule has 5 nitrogen and oxygen atoms in total. The molecule has 2 aromatic rings. The molecule has 1 aliphatic rings. The van der Waals surface area contributed by atoms with Crippen LogP contribution in [0.1, 0.15) is 22.8 Å². The molecule has 2 aromatic carbocycles. The number of nitrogens with zero attached hydrogens (tertiary/aromatic N) is 1. The third kappa shape index (κ3) is 3.11. The molecule has 0 radical (unpaired) electrons. The highest BCUT2D eigenvalue weighted by atomic mass is 32.2. The standard InChI is InChI=1S/C16H10F3NO4S/c17-9-3-8(7-20)4-10(5-9)24-12-1-2-13(25(22)23)14-11(12)6-16(18,19)15(14)21/h1-5,15,21H,6H2,(H,22,23)/t15-/m0/s1. The Kier molecular flexibility index (Phi) is 4.28. The molecule has 0 saturated carbocycles. The van der Waals surface area contributed by atoms with Crippen LogP contribution >= 0.6 is 0 Å². The van der Waals surface area contributed by atoms with Crippen LogP contribution in [0.4, 0.5) is 13.2 Å². The van der Waals surface area contributed by atoms with Crippen LogP contribution in [0.3, 0.4) is 0 Å². The van der Waals surface area contributed by atoms with Gasteiger partial charge in [-0.3, -0.25) is 0 Å². The van der Waals surface area contributed by atoms with Gasteiger partial charge in [-0.15, -0.1) is 0 Å². The van der Waals surface area contributed by atoms with Gasteiger partial charge in [0.05, 0.1) is 16.5 Å². The quantitative estimate of drug-likeness (QED) is 0.810. The molecular weight excluding hydrogens is 359 g/mol. The number of aliphatic hydroxyl groups is 1. The normalized spacial score (nSPS) is 19.1. The monoisotopic (exact) mass is 369 g/mol. The molecule has 9 heteroatoms. The van der Waals surface area contributed by atoms with Crippen molar-refractivity contribution in [3.63, 3.8) is 0 Å². The Bertz CT molecular complexity index is 926. The highest BCUT2D eigenvalue weighted by Crippen LogP contribution is 2.49. The number of nitriles is 1. The van der Waals surface area contributed by atoms with Gasteiger partial charge in [-0.05, 0) is 24.3 Å². The van der Waals surface area contributed by atoms with E-state index in [4.69, 9.17) is 10.00 Å². The van der Waals surface area contributed by atoms with Crippen LogP contribution in [-0.2, 0) is 17.5 Å². The van der Waals surface area contributed by atoms with E-state index in [-0.39, 0.29) is 33.1 Å². The lowest BCUT2D eigenvalue weighted by molar-refractivity contribution is -0.0976. The molecular formula is C16H10F3NO4S. The third-order valence-corrected chi connectivity index (χ3v) is 4.51. The average Bonchev–Trinajstić information content (AvgIpc) is 2.78. The zero-order valence-corrected chi connectivity index (χ0v) is 13.2. The van der Waals surface area contributed by atoms with E-state index in [2.05, 4.69) is 0 Å². The summed E-state index contributed by atoms with van der Waals surface area (Å²) in [5.41, 5.74) is -0.537. The van der Waals surface area contributed by atoms with Crippen LogP contribution in [0.2, 0.25) is 0 Å². The maximum atomic E-state index is 13.9. The van der Waals surface area contributed by atoms with Crippen molar-refractivity contribution in [2.75, 3.05) is 0 Å². The summed E-state index contributed by atoms with van der Waals surface area (Å²) in [6.45, 7) is 0. The van der Waals surface area contributed by atoms with Crippen LogP contribution in [0.25, 0.3) is 0 Å². The molecule has 3 rings (SSSR count). The molecule has 0 heterocycles. The van der Waals surface area contributed by atoms with E-state index in [1.54, 1.807) is 6.07 Å². The van der Waals surface area contributed by atoms with E-state index in [0.717, 1.165) is 18.2 Å². The van der Waals surface area contributed by atoms with Crippen molar-refractivity contribution in [2.45, 2.75) is 23.3 Å². The van der Waals surface area contributed by atoms with E-state index < -0.39 is 35.3 Å². The second-order valence-electron chi connectivity index (χ2n) is 5.43. The summed E-state index contributed by atoms with van der Waals surface area (Å²) >= 11 is -2.58. The van der Waals surface area contributed by atoms with Crippen molar-refractivity contribution < 1.29 is 31.8 Å². The predicted molar refractivity (Wildman–Crippen MR) is 80.3 cm³/mol. The van der Waals surface area contributed by atoms with Gasteiger partial charge in [-0.25, -0.2) is 17.4 Å². The fourth-order valence-corrected chi connectivity index (χ4v) is 3.32. The molecule has 2 atom stereocenters. The SMILES string of the molecule is N#Cc1cc(F)cc(Oc2ccc(S(=O)O)c3c2CC(F)(F)[C@H]3O)c1. The molecule has 0 aromatic heterocycles. The minimum absolute atomic E-state index is 0.0231. The lowest BCUT2D eigenvalue weighted by Crippen LogP contribution is -2.22. The van der Waals surface area contributed by atoms with Gasteiger partial charge in [-0.1, -0.05) is 0 Å². The second-order valence-corrected chi connectivity index (χ2v) is 6.37. The number of alkyl halides is 2. The lowest BCUT2D eigenvalue weighted by Gasteiger charge is -2.15. The highest BCUT2D eigenvalue weighted by Gasteiger charge is 2.50. The summed E-state index contributed by atoms with van der Waals surface area (Å²) < 4.78 is 67.3. The first kappa shape index (κ1) is 17.4. The second kappa shape index (κ2) is 6.15. The molecule has 0 fully saturated rings. The number of rotatable bonds is 3. The van der Waals surface area contributed by atoms with Crippen molar-refractivity contribution in [1.29, 1.82) is 5.26 Å². The van der Waals surface area contributed by atoms with Gasteiger partial charge in [0.1, 0.15) is 23.4 Å². The van der Waals surface area contributed by atoms with Crippen LogP contribution in [0, 0.1) is 17.1 Å². The number of fused-ring (bicyclic) bond motifs is 1. The van der Waals surface area contributed by atoms with E-state index >= 15 is 0 Å². The Hall–Kier alpha value is -2.41. The number of hydrogen-bond donors (Lipinski definition) is 2. The molecule has 25 heavy (non-hydrogen) atoms. The first-order chi connectivity index (χ1) is 11.7. The fourth-order valence-electron chi connectivity index (χ4n) is 2.71. The Morgan fingerprint density at radius 2 is 2.04 bits per heavy atom. The number of hydrogen-bond acceptors (Lipinski definition) is 4. The average molecular weight is 369 g/mol. The fraction of sp³-hybridized carbons (Fsp3) is 0.188. The maximum Gasteiger partial charge on any atom is 0.281 e. The minimum atomic E-state index is -3.53. The summed E-state index contributed by atoms with van der Waals surface area (Å²) in [6.07, 6.45) is -3.15.